The Balaban J connectivity index is 3.49. The second-order valence-corrected chi connectivity index (χ2v) is 5.58. The van der Waals surface area contributed by atoms with Gasteiger partial charge in [0.15, 0.2) is 0 Å². The van der Waals surface area contributed by atoms with E-state index in [1.54, 1.807) is 0 Å². The zero-order valence-corrected chi connectivity index (χ0v) is 9.13. The van der Waals surface area contributed by atoms with Gasteiger partial charge in [0.2, 0.25) is 0 Å². The molecule has 0 fully saturated rings. The first-order valence-corrected chi connectivity index (χ1v) is 6.28. The van der Waals surface area contributed by atoms with Crippen LogP contribution in [0.4, 0.5) is 0 Å². The quantitative estimate of drug-likeness (QED) is 0.517. The lowest BCUT2D eigenvalue weighted by molar-refractivity contribution is 0.351. The largest absolute Gasteiger partial charge is 0.343 e. The van der Waals surface area contributed by atoms with Crippen LogP contribution in [0.1, 0.15) is 39.5 Å². The lowest BCUT2D eigenvalue weighted by atomic mass is 10.1. The van der Waals surface area contributed by atoms with E-state index in [2.05, 4.69) is 13.8 Å². The van der Waals surface area contributed by atoms with E-state index in [1.807, 2.05) is 0 Å². The average molecular weight is 208 g/mol. The molecule has 0 rings (SSSR count). The minimum atomic E-state index is -4.15. The summed E-state index contributed by atoms with van der Waals surface area (Å²) in [6, 6.07) is 0. The number of unbranched alkanes of at least 4 members (excludes halogenated alkanes) is 1. The van der Waals surface area contributed by atoms with E-state index in [1.165, 1.54) is 0 Å². The molecule has 0 saturated carbocycles. The van der Waals surface area contributed by atoms with Gasteiger partial charge in [0, 0.05) is 0 Å². The van der Waals surface area contributed by atoms with Crippen LogP contribution >= 0.6 is 7.60 Å². The van der Waals surface area contributed by atoms with Crippen molar-refractivity contribution in [2.45, 2.75) is 45.3 Å². The molecule has 4 nitrogen and oxygen atoms in total. The Kier molecular flexibility index (Phi) is 5.81. The monoisotopic (exact) mass is 208 g/mol. The van der Waals surface area contributed by atoms with Gasteiger partial charge in [-0.25, -0.2) is 5.73 Å². The van der Waals surface area contributed by atoms with Gasteiger partial charge in [-0.05, 0) is 12.3 Å². The van der Waals surface area contributed by atoms with Gasteiger partial charge in [0.1, 0.15) is 5.78 Å². The Bertz CT molecular complexity index is 178. The van der Waals surface area contributed by atoms with Crippen molar-refractivity contribution in [2.24, 2.45) is 5.92 Å². The fourth-order valence-corrected chi connectivity index (χ4v) is 1.58. The smallest absolute Gasteiger partial charge is 0.323 e. The molecule has 0 amide bonds. The maximum Gasteiger partial charge on any atom is 0.343 e. The van der Waals surface area contributed by atoms with Gasteiger partial charge in [-0.3, -0.25) is 4.57 Å². The lowest BCUT2D eigenvalue weighted by Crippen LogP contribution is -2.09. The van der Waals surface area contributed by atoms with Crippen LogP contribution in [0.15, 0.2) is 0 Å². The molecule has 0 aliphatic heterocycles. The molecule has 0 heterocycles. The number of hydrogen-bond donors (Lipinski definition) is 2. The predicted octanol–water partition coefficient (Wildman–Crippen LogP) is 1.99. The summed E-state index contributed by atoms with van der Waals surface area (Å²) in [5.74, 6) is -0.598. The highest BCUT2D eigenvalue weighted by Crippen LogP contribution is 2.41. The molecule has 1 atom stereocenters. The van der Waals surface area contributed by atoms with E-state index in [9.17, 15) is 4.57 Å². The van der Waals surface area contributed by atoms with Crippen LogP contribution in [0.5, 0.6) is 0 Å². The second kappa shape index (κ2) is 5.76. The van der Waals surface area contributed by atoms with E-state index in [-0.39, 0.29) is 0 Å². The van der Waals surface area contributed by atoms with Crippen molar-refractivity contribution in [3.8, 4) is 0 Å². The third kappa shape index (κ3) is 7.20. The van der Waals surface area contributed by atoms with Crippen molar-refractivity contribution < 1.29 is 14.4 Å². The van der Waals surface area contributed by atoms with Gasteiger partial charge < -0.3 is 9.79 Å². The molecule has 79 valence electrons. The lowest BCUT2D eigenvalue weighted by Gasteiger charge is -2.12. The second-order valence-electron chi connectivity index (χ2n) is 3.78. The Morgan fingerprint density at radius 3 is 2.08 bits per heavy atom. The summed E-state index contributed by atoms with van der Waals surface area (Å²) in [7, 11) is -4.15. The summed E-state index contributed by atoms with van der Waals surface area (Å²) in [6.07, 6.45) is 3.05. The first-order valence-electron chi connectivity index (χ1n) is 4.60. The van der Waals surface area contributed by atoms with Gasteiger partial charge in [0.05, 0.1) is 0 Å². The molecule has 0 saturated heterocycles. The van der Waals surface area contributed by atoms with Crippen LogP contribution < -0.4 is 5.73 Å². The number of hydrogen-bond acceptors (Lipinski definition) is 1. The maximum absolute atomic E-state index is 10.6. The summed E-state index contributed by atoms with van der Waals surface area (Å²) < 4.78 is 10.6. The minimum absolute atomic E-state index is 0.303. The van der Waals surface area contributed by atoms with Crippen molar-refractivity contribution in [3.63, 3.8) is 0 Å². The highest BCUT2D eigenvalue weighted by atomic mass is 31.2. The first kappa shape index (κ1) is 13.1. The molecule has 0 bridgehead atoms. The average Bonchev–Trinajstić information content (AvgIpc) is 1.95. The van der Waals surface area contributed by atoms with Gasteiger partial charge >= 0.3 is 7.60 Å². The molecule has 0 spiro atoms. The van der Waals surface area contributed by atoms with E-state index >= 15 is 0 Å². The third-order valence-corrected chi connectivity index (χ3v) is 2.99. The summed E-state index contributed by atoms with van der Waals surface area (Å²) in [5, 5.41) is 0. The first-order chi connectivity index (χ1) is 5.84. The van der Waals surface area contributed by atoms with Gasteiger partial charge in [-0.15, -0.1) is 0 Å². The number of nitrogens with one attached hydrogen (secondary N) is 1. The van der Waals surface area contributed by atoms with Crippen molar-refractivity contribution in [1.82, 2.24) is 5.73 Å². The van der Waals surface area contributed by atoms with E-state index < -0.39 is 13.4 Å². The third-order valence-electron chi connectivity index (χ3n) is 1.92. The summed E-state index contributed by atoms with van der Waals surface area (Å²) in [6.45, 7) is 4.22. The molecule has 0 aromatic carbocycles. The summed E-state index contributed by atoms with van der Waals surface area (Å²) >= 11 is 0. The van der Waals surface area contributed by atoms with E-state index in [0.717, 1.165) is 19.3 Å². The summed E-state index contributed by atoms with van der Waals surface area (Å²) in [4.78, 5) is 17.2. The molecule has 13 heavy (non-hydrogen) atoms. The molecule has 3 N–H and O–H groups in total. The number of rotatable bonds is 6. The van der Waals surface area contributed by atoms with Crippen LogP contribution in [-0.2, 0) is 4.57 Å². The normalized spacial score (nSPS) is 14.9. The van der Waals surface area contributed by atoms with Crippen LogP contribution in [0, 0.1) is 5.92 Å². The van der Waals surface area contributed by atoms with Crippen LogP contribution in [-0.4, -0.2) is 15.6 Å². The molecule has 1 radical (unpaired) electrons. The van der Waals surface area contributed by atoms with E-state index in [0.29, 0.717) is 12.3 Å². The zero-order valence-electron chi connectivity index (χ0n) is 8.23. The topological polar surface area (TPSA) is 81.3 Å². The van der Waals surface area contributed by atoms with Crippen LogP contribution in [0.2, 0.25) is 0 Å². The Labute approximate surface area is 79.7 Å². The molecule has 0 aliphatic carbocycles. The van der Waals surface area contributed by atoms with Crippen molar-refractivity contribution >= 4 is 7.60 Å². The molecule has 5 heteroatoms. The van der Waals surface area contributed by atoms with Crippen LogP contribution in [0.3, 0.4) is 0 Å². The molecular weight excluding hydrogens is 189 g/mol. The summed E-state index contributed by atoms with van der Waals surface area (Å²) in [5.41, 5.74) is 7.15. The standard InChI is InChI=1S/C8H19NO3P/c1-7(2)5-3-4-6-8(9)13(10,11)12/h7-9H,3-6H2,1-2H3,(H2,10,11,12). The Hall–Kier alpha value is 0.110. The molecule has 0 aliphatic rings. The highest BCUT2D eigenvalue weighted by Gasteiger charge is 2.24. The molecular formula is C8H19NO3P. The van der Waals surface area contributed by atoms with Gasteiger partial charge in [0.25, 0.3) is 0 Å². The Morgan fingerprint density at radius 2 is 1.69 bits per heavy atom. The fourth-order valence-electron chi connectivity index (χ4n) is 1.06. The molecule has 0 aromatic heterocycles. The minimum Gasteiger partial charge on any atom is -0.323 e. The van der Waals surface area contributed by atoms with Crippen molar-refractivity contribution in [3.05, 3.63) is 0 Å². The molecule has 0 aromatic rings. The SMILES string of the molecule is CC(C)CCCCC([NH])P(=O)(O)O. The van der Waals surface area contributed by atoms with Gasteiger partial charge in [-0.1, -0.05) is 33.1 Å². The maximum atomic E-state index is 10.6. The molecule has 1 unspecified atom stereocenters. The Morgan fingerprint density at radius 1 is 1.23 bits per heavy atom. The van der Waals surface area contributed by atoms with Crippen molar-refractivity contribution in [2.75, 3.05) is 0 Å². The van der Waals surface area contributed by atoms with Crippen LogP contribution in [0.25, 0.3) is 0 Å². The van der Waals surface area contributed by atoms with Crippen molar-refractivity contribution in [1.29, 1.82) is 0 Å². The van der Waals surface area contributed by atoms with E-state index in [4.69, 9.17) is 15.5 Å². The highest BCUT2D eigenvalue weighted by molar-refractivity contribution is 7.52. The van der Waals surface area contributed by atoms with Gasteiger partial charge in [-0.2, -0.15) is 0 Å². The fraction of sp³-hybridized carbons (Fsp3) is 1.00. The zero-order chi connectivity index (χ0) is 10.5. The predicted molar refractivity (Wildman–Crippen MR) is 52.2 cm³/mol.